The van der Waals surface area contributed by atoms with Crippen LogP contribution in [0.2, 0.25) is 0 Å². The molecule has 154 valence electrons. The second kappa shape index (κ2) is 7.44. The Morgan fingerprint density at radius 3 is 2.38 bits per heavy atom. The van der Waals surface area contributed by atoms with Crippen molar-refractivity contribution in [2.75, 3.05) is 37.7 Å². The summed E-state index contributed by atoms with van der Waals surface area (Å²) >= 11 is 0. The molecule has 5 rings (SSSR count). The zero-order valence-corrected chi connectivity index (χ0v) is 16.6. The summed E-state index contributed by atoms with van der Waals surface area (Å²) in [5.74, 6) is -0.213. The van der Waals surface area contributed by atoms with Crippen LogP contribution in [-0.2, 0) is 9.53 Å². The molecule has 3 aliphatic heterocycles. The third kappa shape index (κ3) is 3.12. The molecule has 1 aromatic carbocycles. The molecule has 1 saturated carbocycles. The van der Waals surface area contributed by atoms with E-state index < -0.39 is 0 Å². The highest BCUT2D eigenvalue weighted by Gasteiger charge is 2.43. The standard InChI is InChI=1S/C22H27N3O4/c26-20-16-7-3-8-17(19(16)22(28)25(20)15-5-1-2-6-15)23-10-12-24(13-11-23)21(27)18-9-4-14-29-18/h3,7-8,15,18H,1-2,4-6,9-14H2. The molecule has 3 fully saturated rings. The smallest absolute Gasteiger partial charge is 0.263 e. The minimum atomic E-state index is -0.290. The molecule has 0 spiro atoms. The lowest BCUT2D eigenvalue weighted by atomic mass is 10.1. The van der Waals surface area contributed by atoms with Gasteiger partial charge in [-0.05, 0) is 37.8 Å². The molecular formula is C22H27N3O4. The summed E-state index contributed by atoms with van der Waals surface area (Å²) < 4.78 is 5.53. The van der Waals surface area contributed by atoms with Crippen molar-refractivity contribution in [2.45, 2.75) is 50.7 Å². The first-order valence-corrected chi connectivity index (χ1v) is 10.8. The molecule has 0 aromatic heterocycles. The highest BCUT2D eigenvalue weighted by atomic mass is 16.5. The number of nitrogens with zero attached hydrogens (tertiary/aromatic N) is 3. The topological polar surface area (TPSA) is 70.2 Å². The van der Waals surface area contributed by atoms with Crippen molar-refractivity contribution in [3.8, 4) is 0 Å². The molecule has 3 heterocycles. The number of carbonyl (C=O) groups excluding carboxylic acids is 3. The highest BCUT2D eigenvalue weighted by Crippen LogP contribution is 2.36. The van der Waals surface area contributed by atoms with Gasteiger partial charge < -0.3 is 14.5 Å². The van der Waals surface area contributed by atoms with Crippen molar-refractivity contribution in [2.24, 2.45) is 0 Å². The minimum absolute atomic E-state index is 0.0381. The normalized spacial score (nSPS) is 25.2. The van der Waals surface area contributed by atoms with E-state index in [1.54, 1.807) is 6.07 Å². The van der Waals surface area contributed by atoms with Crippen molar-refractivity contribution in [1.82, 2.24) is 9.80 Å². The maximum absolute atomic E-state index is 13.2. The lowest BCUT2D eigenvalue weighted by Gasteiger charge is -2.37. The van der Waals surface area contributed by atoms with E-state index in [0.29, 0.717) is 43.9 Å². The Kier molecular flexibility index (Phi) is 4.78. The van der Waals surface area contributed by atoms with E-state index in [4.69, 9.17) is 4.74 Å². The Balaban J connectivity index is 1.33. The molecule has 7 nitrogen and oxygen atoms in total. The zero-order chi connectivity index (χ0) is 20.0. The van der Waals surface area contributed by atoms with Crippen LogP contribution in [0.4, 0.5) is 5.69 Å². The average Bonchev–Trinajstić information content (AvgIpc) is 3.50. The van der Waals surface area contributed by atoms with Gasteiger partial charge in [0.15, 0.2) is 0 Å². The predicted molar refractivity (Wildman–Crippen MR) is 107 cm³/mol. The van der Waals surface area contributed by atoms with Crippen LogP contribution in [0.1, 0.15) is 59.2 Å². The van der Waals surface area contributed by atoms with E-state index in [2.05, 4.69) is 4.90 Å². The number of hydrogen-bond acceptors (Lipinski definition) is 5. The Hall–Kier alpha value is -2.41. The molecule has 0 bridgehead atoms. The van der Waals surface area contributed by atoms with Gasteiger partial charge in [-0.3, -0.25) is 19.3 Å². The number of anilines is 1. The summed E-state index contributed by atoms with van der Waals surface area (Å²) in [5.41, 5.74) is 1.89. The number of rotatable bonds is 3. The van der Waals surface area contributed by atoms with Gasteiger partial charge in [-0.25, -0.2) is 0 Å². The van der Waals surface area contributed by atoms with E-state index in [-0.39, 0.29) is 29.9 Å². The lowest BCUT2D eigenvalue weighted by molar-refractivity contribution is -0.141. The molecule has 2 saturated heterocycles. The van der Waals surface area contributed by atoms with Crippen molar-refractivity contribution in [3.05, 3.63) is 29.3 Å². The van der Waals surface area contributed by atoms with Crippen molar-refractivity contribution in [1.29, 1.82) is 0 Å². The first-order valence-electron chi connectivity index (χ1n) is 10.8. The van der Waals surface area contributed by atoms with E-state index >= 15 is 0 Å². The number of benzene rings is 1. The van der Waals surface area contributed by atoms with Crippen LogP contribution < -0.4 is 4.90 Å². The zero-order valence-electron chi connectivity index (χ0n) is 16.6. The molecule has 1 unspecified atom stereocenters. The maximum Gasteiger partial charge on any atom is 0.263 e. The van der Waals surface area contributed by atoms with Crippen LogP contribution in [0.5, 0.6) is 0 Å². The van der Waals surface area contributed by atoms with Gasteiger partial charge in [0.1, 0.15) is 6.10 Å². The first kappa shape index (κ1) is 18.6. The molecular weight excluding hydrogens is 370 g/mol. The first-order chi connectivity index (χ1) is 14.1. The Bertz CT molecular complexity index is 834. The average molecular weight is 397 g/mol. The summed E-state index contributed by atoms with van der Waals surface area (Å²) in [6.45, 7) is 3.19. The molecule has 0 radical (unpaired) electrons. The van der Waals surface area contributed by atoms with Gasteiger partial charge in [0, 0.05) is 38.8 Å². The molecule has 0 N–H and O–H groups in total. The van der Waals surface area contributed by atoms with Crippen LogP contribution in [-0.4, -0.2) is 72.5 Å². The largest absolute Gasteiger partial charge is 0.368 e. The Labute approximate surface area is 170 Å². The van der Waals surface area contributed by atoms with Gasteiger partial charge >= 0.3 is 0 Å². The molecule has 1 aromatic rings. The summed E-state index contributed by atoms with van der Waals surface area (Å²) in [6.07, 6.45) is 5.42. The number of fused-ring (bicyclic) bond motifs is 1. The third-order valence-corrected chi connectivity index (χ3v) is 6.75. The number of carbonyl (C=O) groups is 3. The second-order valence-corrected chi connectivity index (χ2v) is 8.43. The third-order valence-electron chi connectivity index (χ3n) is 6.75. The second-order valence-electron chi connectivity index (χ2n) is 8.43. The number of hydrogen-bond donors (Lipinski definition) is 0. The Morgan fingerprint density at radius 1 is 0.931 bits per heavy atom. The number of piperazine rings is 1. The van der Waals surface area contributed by atoms with Gasteiger partial charge in [0.25, 0.3) is 17.7 Å². The number of ether oxygens (including phenoxy) is 1. The van der Waals surface area contributed by atoms with Crippen molar-refractivity contribution in [3.63, 3.8) is 0 Å². The van der Waals surface area contributed by atoms with Crippen LogP contribution in [0, 0.1) is 0 Å². The van der Waals surface area contributed by atoms with Crippen molar-refractivity contribution < 1.29 is 19.1 Å². The van der Waals surface area contributed by atoms with Crippen LogP contribution in [0.15, 0.2) is 18.2 Å². The van der Waals surface area contributed by atoms with E-state index in [0.717, 1.165) is 44.2 Å². The van der Waals surface area contributed by atoms with Crippen molar-refractivity contribution >= 4 is 23.4 Å². The lowest BCUT2D eigenvalue weighted by Crippen LogP contribution is -2.51. The van der Waals surface area contributed by atoms with Gasteiger partial charge in [-0.15, -0.1) is 0 Å². The Morgan fingerprint density at radius 2 is 1.69 bits per heavy atom. The van der Waals surface area contributed by atoms with Crippen LogP contribution >= 0.6 is 0 Å². The number of imide groups is 1. The van der Waals surface area contributed by atoms with Gasteiger partial charge in [-0.2, -0.15) is 0 Å². The van der Waals surface area contributed by atoms with Gasteiger partial charge in [-0.1, -0.05) is 18.9 Å². The minimum Gasteiger partial charge on any atom is -0.368 e. The van der Waals surface area contributed by atoms with E-state index in [9.17, 15) is 14.4 Å². The fourth-order valence-electron chi connectivity index (χ4n) is 5.19. The fraction of sp³-hybridized carbons (Fsp3) is 0.591. The molecule has 1 atom stereocenters. The summed E-state index contributed by atoms with van der Waals surface area (Å²) in [5, 5.41) is 0. The molecule has 7 heteroatoms. The monoisotopic (exact) mass is 397 g/mol. The summed E-state index contributed by atoms with van der Waals surface area (Å²) in [7, 11) is 0. The molecule has 3 amide bonds. The quantitative estimate of drug-likeness (QED) is 0.730. The summed E-state index contributed by atoms with van der Waals surface area (Å²) in [6, 6.07) is 5.60. The van der Waals surface area contributed by atoms with Gasteiger partial charge in [0.2, 0.25) is 0 Å². The maximum atomic E-state index is 13.2. The van der Waals surface area contributed by atoms with Gasteiger partial charge in [0.05, 0.1) is 16.8 Å². The number of amides is 3. The highest BCUT2D eigenvalue weighted by molar-refractivity contribution is 6.24. The SMILES string of the molecule is O=C(C1CCCO1)N1CCN(c2cccc3c2C(=O)N(C2CCCC2)C3=O)CC1. The van der Waals surface area contributed by atoms with E-state index in [1.807, 2.05) is 17.0 Å². The van der Waals surface area contributed by atoms with E-state index in [1.165, 1.54) is 4.90 Å². The predicted octanol–water partition coefficient (Wildman–Crippen LogP) is 2.05. The van der Waals surface area contributed by atoms with Crippen LogP contribution in [0.3, 0.4) is 0 Å². The molecule has 29 heavy (non-hydrogen) atoms. The molecule has 1 aliphatic carbocycles. The van der Waals surface area contributed by atoms with Crippen LogP contribution in [0.25, 0.3) is 0 Å². The molecule has 4 aliphatic rings. The summed E-state index contributed by atoms with van der Waals surface area (Å²) in [4.78, 5) is 44.2. The fourth-order valence-corrected chi connectivity index (χ4v) is 5.19.